The number of anilines is 1. The van der Waals surface area contributed by atoms with Gasteiger partial charge in [-0.05, 0) is 24.6 Å². The molecule has 0 amide bonds. The van der Waals surface area contributed by atoms with E-state index in [1.807, 2.05) is 25.1 Å². The predicted molar refractivity (Wildman–Crippen MR) is 54.2 cm³/mol. The van der Waals surface area contributed by atoms with Gasteiger partial charge < -0.3 is 10.8 Å². The van der Waals surface area contributed by atoms with Gasteiger partial charge >= 0.3 is 0 Å². The smallest absolute Gasteiger partial charge is 0.0540 e. The van der Waals surface area contributed by atoms with Gasteiger partial charge in [-0.1, -0.05) is 17.9 Å². The zero-order valence-electron chi connectivity index (χ0n) is 7.67. The van der Waals surface area contributed by atoms with Crippen molar-refractivity contribution in [3.05, 3.63) is 29.3 Å². The summed E-state index contributed by atoms with van der Waals surface area (Å²) in [6, 6.07) is 5.72. The zero-order valence-corrected chi connectivity index (χ0v) is 7.67. The lowest BCUT2D eigenvalue weighted by Gasteiger charge is -1.98. The molecule has 3 N–H and O–H groups in total. The lowest BCUT2D eigenvalue weighted by molar-refractivity contribution is 0.305. The number of nitrogen functional groups attached to an aromatic ring is 1. The number of hydrogen-bond donors (Lipinski definition) is 2. The fraction of sp³-hybridized carbons (Fsp3) is 0.273. The average molecular weight is 175 g/mol. The van der Waals surface area contributed by atoms with E-state index in [2.05, 4.69) is 11.8 Å². The van der Waals surface area contributed by atoms with Crippen molar-refractivity contribution >= 4 is 5.69 Å². The summed E-state index contributed by atoms with van der Waals surface area (Å²) >= 11 is 0. The van der Waals surface area contributed by atoms with Gasteiger partial charge in [0.15, 0.2) is 0 Å². The van der Waals surface area contributed by atoms with Crippen LogP contribution in [0.4, 0.5) is 5.69 Å². The van der Waals surface area contributed by atoms with E-state index in [4.69, 9.17) is 10.8 Å². The van der Waals surface area contributed by atoms with Crippen LogP contribution in [-0.2, 0) is 0 Å². The first-order chi connectivity index (χ1) is 6.24. The highest BCUT2D eigenvalue weighted by Gasteiger charge is 1.92. The Morgan fingerprint density at radius 2 is 2.23 bits per heavy atom. The molecule has 0 atom stereocenters. The first kappa shape index (κ1) is 9.63. The van der Waals surface area contributed by atoms with Crippen molar-refractivity contribution in [2.24, 2.45) is 0 Å². The Morgan fingerprint density at radius 1 is 1.46 bits per heavy atom. The number of aryl methyl sites for hydroxylation is 1. The normalized spacial score (nSPS) is 9.08. The summed E-state index contributed by atoms with van der Waals surface area (Å²) < 4.78 is 0. The molecule has 68 valence electrons. The Bertz CT molecular complexity index is 347. The molecule has 0 unspecified atom stereocenters. The van der Waals surface area contributed by atoms with Crippen molar-refractivity contribution in [1.29, 1.82) is 0 Å². The van der Waals surface area contributed by atoms with Crippen LogP contribution in [0.3, 0.4) is 0 Å². The van der Waals surface area contributed by atoms with Crippen LogP contribution in [0.5, 0.6) is 0 Å². The quantitative estimate of drug-likeness (QED) is 0.499. The molecule has 2 nitrogen and oxygen atoms in total. The minimum Gasteiger partial charge on any atom is -0.398 e. The molecule has 13 heavy (non-hydrogen) atoms. The second-order valence-electron chi connectivity index (χ2n) is 2.85. The molecule has 0 heterocycles. The minimum atomic E-state index is 0.105. The van der Waals surface area contributed by atoms with Gasteiger partial charge in [0, 0.05) is 17.7 Å². The van der Waals surface area contributed by atoms with Crippen molar-refractivity contribution in [3.63, 3.8) is 0 Å². The monoisotopic (exact) mass is 175 g/mol. The highest BCUT2D eigenvalue weighted by atomic mass is 16.2. The summed E-state index contributed by atoms with van der Waals surface area (Å²) in [6.07, 6.45) is 0.508. The molecule has 0 aliphatic heterocycles. The Kier molecular flexibility index (Phi) is 3.36. The number of nitrogens with two attached hydrogens (primary N) is 1. The van der Waals surface area contributed by atoms with Crippen LogP contribution in [0.2, 0.25) is 0 Å². The van der Waals surface area contributed by atoms with Gasteiger partial charge in [0.05, 0.1) is 6.61 Å². The summed E-state index contributed by atoms with van der Waals surface area (Å²) in [4.78, 5) is 0. The molecule has 0 radical (unpaired) electrons. The molecule has 0 aliphatic rings. The summed E-state index contributed by atoms with van der Waals surface area (Å²) in [7, 11) is 0. The van der Waals surface area contributed by atoms with Crippen molar-refractivity contribution in [1.82, 2.24) is 0 Å². The van der Waals surface area contributed by atoms with Crippen LogP contribution >= 0.6 is 0 Å². The maximum atomic E-state index is 8.52. The van der Waals surface area contributed by atoms with Gasteiger partial charge in [0.2, 0.25) is 0 Å². The largest absolute Gasteiger partial charge is 0.398 e. The summed E-state index contributed by atoms with van der Waals surface area (Å²) in [5.41, 5.74) is 8.43. The molecule has 0 saturated heterocycles. The molecule has 0 bridgehead atoms. The van der Waals surface area contributed by atoms with Gasteiger partial charge in [0.1, 0.15) is 0 Å². The lowest BCUT2D eigenvalue weighted by Crippen LogP contribution is -1.89. The molecular formula is C11H13NO. The second-order valence-corrected chi connectivity index (χ2v) is 2.85. The number of rotatable bonds is 1. The summed E-state index contributed by atoms with van der Waals surface area (Å²) in [5.74, 6) is 5.77. The van der Waals surface area contributed by atoms with Crippen LogP contribution in [-0.4, -0.2) is 11.7 Å². The zero-order chi connectivity index (χ0) is 9.68. The SMILES string of the molecule is Cc1ccc(C#CCCO)cc1N. The Balaban J connectivity index is 2.81. The van der Waals surface area contributed by atoms with E-state index >= 15 is 0 Å². The van der Waals surface area contributed by atoms with E-state index in [-0.39, 0.29) is 6.61 Å². The first-order valence-electron chi connectivity index (χ1n) is 4.20. The molecule has 0 fully saturated rings. The molecule has 0 aromatic heterocycles. The molecular weight excluding hydrogens is 162 g/mol. The summed E-state index contributed by atoms with van der Waals surface area (Å²) in [6.45, 7) is 2.06. The third-order valence-electron chi connectivity index (χ3n) is 1.75. The molecule has 2 heteroatoms. The van der Waals surface area contributed by atoms with E-state index in [1.54, 1.807) is 0 Å². The molecule has 0 aliphatic carbocycles. The van der Waals surface area contributed by atoms with Crippen molar-refractivity contribution in [2.45, 2.75) is 13.3 Å². The van der Waals surface area contributed by atoms with Crippen molar-refractivity contribution < 1.29 is 5.11 Å². The van der Waals surface area contributed by atoms with E-state index in [0.29, 0.717) is 6.42 Å². The molecule has 1 aromatic carbocycles. The average Bonchev–Trinajstić information content (AvgIpc) is 2.12. The van der Waals surface area contributed by atoms with Crippen LogP contribution in [0.15, 0.2) is 18.2 Å². The fourth-order valence-electron chi connectivity index (χ4n) is 0.939. The van der Waals surface area contributed by atoms with Crippen LogP contribution < -0.4 is 5.73 Å². The van der Waals surface area contributed by atoms with Gasteiger partial charge in [-0.15, -0.1) is 0 Å². The third-order valence-corrected chi connectivity index (χ3v) is 1.75. The van der Waals surface area contributed by atoms with Crippen LogP contribution in [0, 0.1) is 18.8 Å². The second kappa shape index (κ2) is 4.54. The molecule has 0 saturated carbocycles. The fourth-order valence-corrected chi connectivity index (χ4v) is 0.939. The molecule has 1 rings (SSSR count). The predicted octanol–water partition coefficient (Wildman–Crippen LogP) is 1.31. The highest BCUT2D eigenvalue weighted by molar-refractivity contribution is 5.52. The van der Waals surface area contributed by atoms with Gasteiger partial charge in [-0.3, -0.25) is 0 Å². The Morgan fingerprint density at radius 3 is 2.85 bits per heavy atom. The van der Waals surface area contributed by atoms with Crippen LogP contribution in [0.25, 0.3) is 0 Å². The summed E-state index contributed by atoms with van der Waals surface area (Å²) in [5, 5.41) is 8.52. The van der Waals surface area contributed by atoms with Gasteiger partial charge in [-0.25, -0.2) is 0 Å². The maximum absolute atomic E-state index is 8.52. The first-order valence-corrected chi connectivity index (χ1v) is 4.20. The minimum absolute atomic E-state index is 0.105. The Hall–Kier alpha value is -1.46. The van der Waals surface area contributed by atoms with Gasteiger partial charge in [-0.2, -0.15) is 0 Å². The van der Waals surface area contributed by atoms with Crippen molar-refractivity contribution in [2.75, 3.05) is 12.3 Å². The van der Waals surface area contributed by atoms with Crippen molar-refractivity contribution in [3.8, 4) is 11.8 Å². The van der Waals surface area contributed by atoms with Gasteiger partial charge in [0.25, 0.3) is 0 Å². The standard InChI is InChI=1S/C11H13NO/c1-9-5-6-10(8-11(9)12)4-2-3-7-13/h5-6,8,13H,3,7,12H2,1H3. The van der Waals surface area contributed by atoms with E-state index in [9.17, 15) is 0 Å². The Labute approximate surface area is 78.4 Å². The topological polar surface area (TPSA) is 46.2 Å². The lowest BCUT2D eigenvalue weighted by atomic mass is 10.1. The number of aliphatic hydroxyl groups is 1. The number of aliphatic hydroxyl groups excluding tert-OH is 1. The molecule has 0 spiro atoms. The maximum Gasteiger partial charge on any atom is 0.0540 e. The number of hydrogen-bond acceptors (Lipinski definition) is 2. The van der Waals surface area contributed by atoms with E-state index < -0.39 is 0 Å². The van der Waals surface area contributed by atoms with Crippen LogP contribution in [0.1, 0.15) is 17.5 Å². The highest BCUT2D eigenvalue weighted by Crippen LogP contribution is 2.11. The third kappa shape index (κ3) is 2.81. The van der Waals surface area contributed by atoms with E-state index in [1.165, 1.54) is 0 Å². The molecule has 1 aromatic rings. The van der Waals surface area contributed by atoms with E-state index in [0.717, 1.165) is 16.8 Å². The number of benzene rings is 1.